The quantitative estimate of drug-likeness (QED) is 0.856. The first-order chi connectivity index (χ1) is 8.20. The van der Waals surface area contributed by atoms with E-state index in [1.807, 2.05) is 6.20 Å². The second kappa shape index (κ2) is 5.65. The van der Waals surface area contributed by atoms with Crippen molar-refractivity contribution in [3.05, 3.63) is 18.2 Å². The van der Waals surface area contributed by atoms with Crippen LogP contribution in [0.1, 0.15) is 26.1 Å². The lowest BCUT2D eigenvalue weighted by atomic mass is 9.94. The van der Waals surface area contributed by atoms with E-state index in [2.05, 4.69) is 46.9 Å². The van der Waals surface area contributed by atoms with Crippen LogP contribution in [0.3, 0.4) is 0 Å². The number of nitrogens with zero attached hydrogens (tertiary/aromatic N) is 3. The van der Waals surface area contributed by atoms with Crippen LogP contribution in [0.25, 0.3) is 0 Å². The standard InChI is InChI=1S/C13H24N4/c1-4-17-8-6-14-13(17)9-15-12-5-7-16(3)10-11(12)2/h6,8,11-12,15H,4-5,7,9-10H2,1-3H3. The van der Waals surface area contributed by atoms with Crippen LogP contribution in [0, 0.1) is 5.92 Å². The lowest BCUT2D eigenvalue weighted by Crippen LogP contribution is -2.46. The molecule has 4 heteroatoms. The van der Waals surface area contributed by atoms with Crippen LogP contribution in [0.15, 0.2) is 12.4 Å². The Kier molecular flexibility index (Phi) is 4.18. The summed E-state index contributed by atoms with van der Waals surface area (Å²) in [6, 6.07) is 0.633. The molecule has 4 nitrogen and oxygen atoms in total. The lowest BCUT2D eigenvalue weighted by molar-refractivity contribution is 0.173. The van der Waals surface area contributed by atoms with Gasteiger partial charge in [0, 0.05) is 31.5 Å². The van der Waals surface area contributed by atoms with Crippen molar-refractivity contribution in [2.75, 3.05) is 20.1 Å². The maximum atomic E-state index is 4.40. The summed E-state index contributed by atoms with van der Waals surface area (Å²) in [5.74, 6) is 1.87. The average Bonchev–Trinajstić information content (AvgIpc) is 2.75. The highest BCUT2D eigenvalue weighted by Gasteiger charge is 2.23. The Bertz CT molecular complexity index is 347. The van der Waals surface area contributed by atoms with Gasteiger partial charge in [-0.3, -0.25) is 0 Å². The maximum Gasteiger partial charge on any atom is 0.122 e. The Morgan fingerprint density at radius 2 is 2.35 bits per heavy atom. The number of piperidine rings is 1. The zero-order chi connectivity index (χ0) is 12.3. The molecule has 2 atom stereocenters. The molecular formula is C13H24N4. The normalized spacial score (nSPS) is 26.3. The number of aromatic nitrogens is 2. The van der Waals surface area contributed by atoms with Gasteiger partial charge in [-0.15, -0.1) is 0 Å². The number of aryl methyl sites for hydroxylation is 1. The Labute approximate surface area is 104 Å². The molecule has 0 radical (unpaired) electrons. The maximum absolute atomic E-state index is 4.40. The van der Waals surface area contributed by atoms with E-state index in [1.165, 1.54) is 19.5 Å². The molecule has 1 aromatic rings. The van der Waals surface area contributed by atoms with Gasteiger partial charge in [0.05, 0.1) is 6.54 Å². The Morgan fingerprint density at radius 1 is 1.53 bits per heavy atom. The molecule has 1 aliphatic rings. The summed E-state index contributed by atoms with van der Waals surface area (Å²) in [6.07, 6.45) is 5.18. The van der Waals surface area contributed by atoms with Crippen LogP contribution in [-0.2, 0) is 13.1 Å². The third-order valence-electron chi connectivity index (χ3n) is 3.77. The third kappa shape index (κ3) is 3.07. The first-order valence-corrected chi connectivity index (χ1v) is 6.62. The van der Waals surface area contributed by atoms with Crippen LogP contribution < -0.4 is 5.32 Å². The molecule has 1 aliphatic heterocycles. The molecule has 96 valence electrons. The molecule has 2 unspecified atom stereocenters. The van der Waals surface area contributed by atoms with Crippen molar-refractivity contribution < 1.29 is 0 Å². The minimum atomic E-state index is 0.633. The number of hydrogen-bond acceptors (Lipinski definition) is 3. The number of imidazole rings is 1. The molecular weight excluding hydrogens is 212 g/mol. The van der Waals surface area contributed by atoms with Gasteiger partial charge in [-0.25, -0.2) is 4.98 Å². The average molecular weight is 236 g/mol. The molecule has 1 N–H and O–H groups in total. The van der Waals surface area contributed by atoms with Crippen LogP contribution in [-0.4, -0.2) is 40.6 Å². The fourth-order valence-corrected chi connectivity index (χ4v) is 2.67. The number of rotatable bonds is 4. The van der Waals surface area contributed by atoms with Gasteiger partial charge in [-0.2, -0.15) is 0 Å². The van der Waals surface area contributed by atoms with E-state index >= 15 is 0 Å². The predicted molar refractivity (Wildman–Crippen MR) is 69.8 cm³/mol. The number of nitrogens with one attached hydrogen (secondary N) is 1. The minimum Gasteiger partial charge on any atom is -0.334 e. The number of hydrogen-bond donors (Lipinski definition) is 1. The summed E-state index contributed by atoms with van der Waals surface area (Å²) < 4.78 is 2.20. The van der Waals surface area contributed by atoms with Crippen molar-refractivity contribution >= 4 is 0 Å². The SMILES string of the molecule is CCn1ccnc1CNC1CCN(C)CC1C. The molecule has 2 rings (SSSR count). The smallest absolute Gasteiger partial charge is 0.122 e. The first-order valence-electron chi connectivity index (χ1n) is 6.62. The van der Waals surface area contributed by atoms with Gasteiger partial charge in [-0.05, 0) is 32.9 Å². The van der Waals surface area contributed by atoms with E-state index in [1.54, 1.807) is 0 Å². The highest BCUT2D eigenvalue weighted by Crippen LogP contribution is 2.15. The van der Waals surface area contributed by atoms with Gasteiger partial charge in [0.25, 0.3) is 0 Å². The van der Waals surface area contributed by atoms with E-state index in [0.717, 1.165) is 24.8 Å². The summed E-state index contributed by atoms with van der Waals surface area (Å²) in [5, 5.41) is 3.66. The molecule has 1 aromatic heterocycles. The van der Waals surface area contributed by atoms with Crippen molar-refractivity contribution in [2.45, 2.75) is 39.4 Å². The molecule has 0 aromatic carbocycles. The second-order valence-corrected chi connectivity index (χ2v) is 5.15. The summed E-state index contributed by atoms with van der Waals surface area (Å²) in [7, 11) is 2.20. The highest BCUT2D eigenvalue weighted by atomic mass is 15.1. The lowest BCUT2D eigenvalue weighted by Gasteiger charge is -2.35. The predicted octanol–water partition coefficient (Wildman–Crippen LogP) is 1.33. The molecule has 1 fully saturated rings. The largest absolute Gasteiger partial charge is 0.334 e. The van der Waals surface area contributed by atoms with Crippen molar-refractivity contribution in [1.82, 2.24) is 19.8 Å². The monoisotopic (exact) mass is 236 g/mol. The van der Waals surface area contributed by atoms with Gasteiger partial charge >= 0.3 is 0 Å². The van der Waals surface area contributed by atoms with E-state index in [4.69, 9.17) is 0 Å². The topological polar surface area (TPSA) is 33.1 Å². The Morgan fingerprint density at radius 3 is 3.06 bits per heavy atom. The molecule has 2 heterocycles. The minimum absolute atomic E-state index is 0.633. The van der Waals surface area contributed by atoms with Gasteiger partial charge in [0.15, 0.2) is 0 Å². The van der Waals surface area contributed by atoms with Crippen molar-refractivity contribution in [3.8, 4) is 0 Å². The fraction of sp³-hybridized carbons (Fsp3) is 0.769. The zero-order valence-corrected chi connectivity index (χ0v) is 11.2. The summed E-state index contributed by atoms with van der Waals surface area (Å²) in [4.78, 5) is 6.81. The van der Waals surface area contributed by atoms with E-state index in [-0.39, 0.29) is 0 Å². The van der Waals surface area contributed by atoms with Gasteiger partial charge in [0.2, 0.25) is 0 Å². The summed E-state index contributed by atoms with van der Waals surface area (Å²) >= 11 is 0. The van der Waals surface area contributed by atoms with Gasteiger partial charge in [0.1, 0.15) is 5.82 Å². The van der Waals surface area contributed by atoms with E-state index in [0.29, 0.717) is 6.04 Å². The van der Waals surface area contributed by atoms with Crippen molar-refractivity contribution in [3.63, 3.8) is 0 Å². The van der Waals surface area contributed by atoms with Gasteiger partial charge < -0.3 is 14.8 Å². The van der Waals surface area contributed by atoms with Crippen LogP contribution in [0.2, 0.25) is 0 Å². The molecule has 0 aliphatic carbocycles. The second-order valence-electron chi connectivity index (χ2n) is 5.15. The fourth-order valence-electron chi connectivity index (χ4n) is 2.67. The number of likely N-dealkylation sites (tertiary alicyclic amines) is 1. The Hall–Kier alpha value is -0.870. The summed E-state index contributed by atoms with van der Waals surface area (Å²) in [6.45, 7) is 8.77. The van der Waals surface area contributed by atoms with Crippen LogP contribution in [0.4, 0.5) is 0 Å². The van der Waals surface area contributed by atoms with Crippen molar-refractivity contribution in [2.24, 2.45) is 5.92 Å². The third-order valence-corrected chi connectivity index (χ3v) is 3.77. The Balaban J connectivity index is 1.86. The van der Waals surface area contributed by atoms with Crippen LogP contribution >= 0.6 is 0 Å². The van der Waals surface area contributed by atoms with E-state index < -0.39 is 0 Å². The van der Waals surface area contributed by atoms with Crippen molar-refractivity contribution in [1.29, 1.82) is 0 Å². The molecule has 1 saturated heterocycles. The van der Waals surface area contributed by atoms with E-state index in [9.17, 15) is 0 Å². The molecule has 17 heavy (non-hydrogen) atoms. The molecule has 0 spiro atoms. The molecule has 0 bridgehead atoms. The highest BCUT2D eigenvalue weighted by molar-refractivity contribution is 4.93. The molecule has 0 saturated carbocycles. The van der Waals surface area contributed by atoms with Crippen LogP contribution in [0.5, 0.6) is 0 Å². The summed E-state index contributed by atoms with van der Waals surface area (Å²) in [5.41, 5.74) is 0. The zero-order valence-electron chi connectivity index (χ0n) is 11.2. The molecule has 0 amide bonds. The van der Waals surface area contributed by atoms with Gasteiger partial charge in [-0.1, -0.05) is 6.92 Å². The first kappa shape index (κ1) is 12.6.